The van der Waals surface area contributed by atoms with Crippen molar-refractivity contribution in [3.05, 3.63) is 36.2 Å². The second kappa shape index (κ2) is 10.1. The molecule has 1 saturated carbocycles. The van der Waals surface area contributed by atoms with Gasteiger partial charge in [0.1, 0.15) is 23.1 Å². The van der Waals surface area contributed by atoms with E-state index in [1.165, 1.54) is 29.4 Å². The van der Waals surface area contributed by atoms with Gasteiger partial charge in [0.25, 0.3) is 0 Å². The summed E-state index contributed by atoms with van der Waals surface area (Å²) in [5.41, 5.74) is 12.8. The summed E-state index contributed by atoms with van der Waals surface area (Å²) in [5.74, 6) is 0.312. The maximum Gasteiger partial charge on any atom is 0.326 e. The van der Waals surface area contributed by atoms with Crippen LogP contribution in [0.2, 0.25) is 0 Å². The maximum atomic E-state index is 15.1. The van der Waals surface area contributed by atoms with Crippen LogP contribution in [0.1, 0.15) is 32.5 Å². The molecule has 2 fully saturated rings. The summed E-state index contributed by atoms with van der Waals surface area (Å²) in [7, 11) is 1.55. The summed E-state index contributed by atoms with van der Waals surface area (Å²) in [6.07, 6.45) is 4.94. The molecule has 2 amide bonds. The molecule has 4 aromatic rings. The van der Waals surface area contributed by atoms with Crippen molar-refractivity contribution in [1.29, 1.82) is 0 Å². The third-order valence-corrected chi connectivity index (χ3v) is 8.08. The van der Waals surface area contributed by atoms with E-state index < -0.39 is 17.9 Å². The molecule has 1 spiro atoms. The Balaban J connectivity index is 1.50. The standard InChI is InChI=1S/C28H33FN10O3/c1-13(30)25(40)34-20-11-39(12-28(20)5-6-28)24-21-18-7-16(29)8-19(38(4)26(41)14(2)31)22(18)35-23(21)36-27(37-24)42-17-9-32-15(3)33-10-17/h7-10,13-14,20H,5-6,11-12,30-31H2,1-4H3,(H,34,40)(H,35,36,37)/t13-,14-,20-/m0/s1. The van der Waals surface area contributed by atoms with Crippen LogP contribution in [0.15, 0.2) is 24.5 Å². The Morgan fingerprint density at radius 1 is 1.19 bits per heavy atom. The lowest BCUT2D eigenvalue weighted by Gasteiger charge is -2.21. The topological polar surface area (TPSA) is 181 Å². The highest BCUT2D eigenvalue weighted by molar-refractivity contribution is 6.16. The normalized spacial score (nSPS) is 18.8. The van der Waals surface area contributed by atoms with Gasteiger partial charge in [-0.25, -0.2) is 14.4 Å². The molecular formula is C28H33FN10O3. The molecule has 6 rings (SSSR count). The molecule has 3 aromatic heterocycles. The number of carbonyl (C=O) groups excluding carboxylic acids is 2. The fourth-order valence-electron chi connectivity index (χ4n) is 5.61. The number of nitrogens with two attached hydrogens (primary N) is 2. The second-order valence-electron chi connectivity index (χ2n) is 11.4. The summed E-state index contributed by atoms with van der Waals surface area (Å²) in [6.45, 7) is 6.08. The molecule has 14 heteroatoms. The van der Waals surface area contributed by atoms with E-state index in [4.69, 9.17) is 21.2 Å². The Hall–Kier alpha value is -4.43. The van der Waals surface area contributed by atoms with Gasteiger partial charge in [-0.2, -0.15) is 9.97 Å². The van der Waals surface area contributed by atoms with Crippen molar-refractivity contribution >= 4 is 45.3 Å². The number of likely N-dealkylation sites (N-methyl/N-ethyl adjacent to an activating group) is 1. The average molecular weight is 577 g/mol. The number of halogens is 1. The van der Waals surface area contributed by atoms with Crippen molar-refractivity contribution in [3.8, 4) is 11.8 Å². The number of benzene rings is 1. The molecule has 1 saturated heterocycles. The van der Waals surface area contributed by atoms with Crippen LogP contribution in [0, 0.1) is 18.2 Å². The Morgan fingerprint density at radius 2 is 1.90 bits per heavy atom. The summed E-state index contributed by atoms with van der Waals surface area (Å²) in [4.78, 5) is 49.7. The monoisotopic (exact) mass is 576 g/mol. The Labute approximate surface area is 240 Å². The number of carbonyl (C=O) groups is 2. The van der Waals surface area contributed by atoms with Crippen molar-refractivity contribution in [2.75, 3.05) is 29.9 Å². The number of ether oxygens (including phenoxy) is 1. The van der Waals surface area contributed by atoms with Crippen LogP contribution in [0.4, 0.5) is 15.9 Å². The number of fused-ring (bicyclic) bond motifs is 3. The molecule has 0 radical (unpaired) electrons. The second-order valence-corrected chi connectivity index (χ2v) is 11.4. The Kier molecular flexibility index (Phi) is 6.69. The quantitative estimate of drug-likeness (QED) is 0.254. The van der Waals surface area contributed by atoms with Crippen LogP contribution in [0.25, 0.3) is 21.9 Å². The van der Waals surface area contributed by atoms with Gasteiger partial charge in [-0.1, -0.05) is 0 Å². The number of nitrogens with one attached hydrogen (secondary N) is 2. The third kappa shape index (κ3) is 4.86. The number of aromatic amines is 1. The lowest BCUT2D eigenvalue weighted by atomic mass is 10.0. The number of H-pyrrole nitrogens is 1. The number of hydrogen-bond donors (Lipinski definition) is 4. The first-order chi connectivity index (χ1) is 20.0. The van der Waals surface area contributed by atoms with Crippen LogP contribution < -0.4 is 31.3 Å². The van der Waals surface area contributed by atoms with E-state index >= 15 is 4.39 Å². The van der Waals surface area contributed by atoms with Crippen LogP contribution in [0.3, 0.4) is 0 Å². The number of anilines is 2. The van der Waals surface area contributed by atoms with Crippen molar-refractivity contribution in [2.45, 2.75) is 51.7 Å². The lowest BCUT2D eigenvalue weighted by Crippen LogP contribution is -2.47. The highest BCUT2D eigenvalue weighted by atomic mass is 19.1. The molecule has 4 heterocycles. The summed E-state index contributed by atoms with van der Waals surface area (Å²) in [6, 6.07) is 1.15. The summed E-state index contributed by atoms with van der Waals surface area (Å²) >= 11 is 0. The van der Waals surface area contributed by atoms with Gasteiger partial charge in [-0.05, 0) is 45.7 Å². The first-order valence-electron chi connectivity index (χ1n) is 13.8. The van der Waals surface area contributed by atoms with Gasteiger partial charge in [0.15, 0.2) is 5.75 Å². The predicted molar refractivity (Wildman–Crippen MR) is 155 cm³/mol. The van der Waals surface area contributed by atoms with E-state index in [0.29, 0.717) is 58.1 Å². The van der Waals surface area contributed by atoms with Crippen LogP contribution in [0.5, 0.6) is 11.8 Å². The minimum atomic E-state index is -0.785. The first kappa shape index (κ1) is 27.7. The van der Waals surface area contributed by atoms with Gasteiger partial charge in [0.05, 0.1) is 47.1 Å². The zero-order valence-corrected chi connectivity index (χ0v) is 23.8. The molecule has 0 unspecified atom stereocenters. The van der Waals surface area contributed by atoms with Crippen molar-refractivity contribution in [3.63, 3.8) is 0 Å². The van der Waals surface area contributed by atoms with Crippen molar-refractivity contribution in [1.82, 2.24) is 30.2 Å². The smallest absolute Gasteiger partial charge is 0.326 e. The van der Waals surface area contributed by atoms with Crippen molar-refractivity contribution in [2.24, 2.45) is 16.9 Å². The SMILES string of the molecule is Cc1ncc(Oc2nc(N3C[C@H](NC(=O)[C@H](C)N)C4(CC4)C3)c3c(n2)[nH]c2c(N(C)C(=O)[C@H](C)N)cc(F)cc23)cn1. The van der Waals surface area contributed by atoms with Crippen LogP contribution in [-0.2, 0) is 9.59 Å². The number of hydrogen-bond acceptors (Lipinski definition) is 10. The molecule has 0 bridgehead atoms. The number of amides is 2. The van der Waals surface area contributed by atoms with E-state index in [9.17, 15) is 9.59 Å². The van der Waals surface area contributed by atoms with Gasteiger partial charge >= 0.3 is 6.01 Å². The molecule has 1 aliphatic carbocycles. The lowest BCUT2D eigenvalue weighted by molar-refractivity contribution is -0.123. The van der Waals surface area contributed by atoms with E-state index in [0.717, 1.165) is 12.8 Å². The van der Waals surface area contributed by atoms with E-state index in [1.807, 2.05) is 0 Å². The molecule has 2 aliphatic rings. The molecule has 13 nitrogen and oxygen atoms in total. The predicted octanol–water partition coefficient (Wildman–Crippen LogP) is 1.88. The zero-order valence-electron chi connectivity index (χ0n) is 23.8. The fraction of sp³-hybridized carbons (Fsp3) is 0.429. The Morgan fingerprint density at radius 3 is 2.55 bits per heavy atom. The van der Waals surface area contributed by atoms with Gasteiger partial charge in [0, 0.05) is 30.9 Å². The number of aromatic nitrogens is 5. The first-order valence-corrected chi connectivity index (χ1v) is 13.8. The largest absolute Gasteiger partial charge is 0.421 e. The zero-order chi connectivity index (χ0) is 29.9. The fourth-order valence-corrected chi connectivity index (χ4v) is 5.61. The molecule has 1 aromatic carbocycles. The number of nitrogens with zero attached hydrogens (tertiary/aromatic N) is 6. The highest BCUT2D eigenvalue weighted by Crippen LogP contribution is 2.54. The molecule has 6 N–H and O–H groups in total. The molecular weight excluding hydrogens is 543 g/mol. The van der Waals surface area contributed by atoms with Gasteiger partial charge in [0.2, 0.25) is 11.8 Å². The minimum Gasteiger partial charge on any atom is -0.421 e. The maximum absolute atomic E-state index is 15.1. The van der Waals surface area contributed by atoms with E-state index in [2.05, 4.69) is 30.2 Å². The number of rotatable bonds is 7. The van der Waals surface area contributed by atoms with E-state index in [-0.39, 0.29) is 29.3 Å². The van der Waals surface area contributed by atoms with Gasteiger partial charge in [-0.15, -0.1) is 0 Å². The van der Waals surface area contributed by atoms with Gasteiger partial charge in [-0.3, -0.25) is 9.59 Å². The highest BCUT2D eigenvalue weighted by Gasteiger charge is 2.56. The van der Waals surface area contributed by atoms with Crippen molar-refractivity contribution < 1.29 is 18.7 Å². The average Bonchev–Trinajstić information content (AvgIpc) is 3.51. The summed E-state index contributed by atoms with van der Waals surface area (Å²) in [5, 5.41) is 4.17. The Bertz CT molecular complexity index is 1700. The molecule has 3 atom stereocenters. The molecule has 42 heavy (non-hydrogen) atoms. The third-order valence-electron chi connectivity index (χ3n) is 8.08. The van der Waals surface area contributed by atoms with Crippen LogP contribution >= 0.6 is 0 Å². The molecule has 220 valence electrons. The minimum absolute atomic E-state index is 0.0338. The van der Waals surface area contributed by atoms with E-state index in [1.54, 1.807) is 27.8 Å². The van der Waals surface area contributed by atoms with Gasteiger partial charge < -0.3 is 36.3 Å². The summed E-state index contributed by atoms with van der Waals surface area (Å²) < 4.78 is 21.1. The van der Waals surface area contributed by atoms with Crippen LogP contribution in [-0.4, -0.2) is 75.0 Å². The molecule has 1 aliphatic heterocycles. The number of aryl methyl sites for hydroxylation is 1.